The molecule has 0 aromatic heterocycles. The third kappa shape index (κ3) is 3.42. The Morgan fingerprint density at radius 1 is 1.53 bits per heavy atom. The molecule has 0 aromatic rings. The summed E-state index contributed by atoms with van der Waals surface area (Å²) < 4.78 is 5.11. The van der Waals surface area contributed by atoms with Crippen molar-refractivity contribution in [2.75, 3.05) is 26.8 Å². The van der Waals surface area contributed by atoms with Gasteiger partial charge in [0.05, 0.1) is 12.6 Å². The van der Waals surface area contributed by atoms with E-state index in [1.807, 2.05) is 18.7 Å². The molecule has 17 heavy (non-hydrogen) atoms. The summed E-state index contributed by atoms with van der Waals surface area (Å²) in [6.45, 7) is 6.01. The summed E-state index contributed by atoms with van der Waals surface area (Å²) >= 11 is 0. The van der Waals surface area contributed by atoms with E-state index in [0.717, 1.165) is 19.4 Å². The van der Waals surface area contributed by atoms with Gasteiger partial charge in [-0.25, -0.2) is 0 Å². The molecule has 1 fully saturated rings. The number of hydrogen-bond acceptors (Lipinski definition) is 3. The van der Waals surface area contributed by atoms with Crippen LogP contribution in [-0.4, -0.2) is 43.7 Å². The number of nitrogens with two attached hydrogens (primary N) is 1. The number of ether oxygens (including phenoxy) is 1. The van der Waals surface area contributed by atoms with Crippen LogP contribution in [-0.2, 0) is 9.53 Å². The van der Waals surface area contributed by atoms with Crippen LogP contribution in [0.1, 0.15) is 39.5 Å². The molecule has 0 aliphatic heterocycles. The van der Waals surface area contributed by atoms with Crippen molar-refractivity contribution in [3.8, 4) is 0 Å². The lowest BCUT2D eigenvalue weighted by Crippen LogP contribution is -2.46. The predicted octanol–water partition coefficient (Wildman–Crippen LogP) is 1.39. The average molecular weight is 242 g/mol. The Balaban J connectivity index is 2.54. The maximum Gasteiger partial charge on any atom is 0.223 e. The molecule has 0 radical (unpaired) electrons. The highest BCUT2D eigenvalue weighted by Crippen LogP contribution is 2.43. The highest BCUT2D eigenvalue weighted by Gasteiger charge is 2.38. The van der Waals surface area contributed by atoms with E-state index in [-0.39, 0.29) is 17.4 Å². The van der Waals surface area contributed by atoms with E-state index in [0.29, 0.717) is 19.6 Å². The molecule has 1 atom stereocenters. The molecule has 1 unspecified atom stereocenters. The molecule has 1 rings (SSSR count). The quantitative estimate of drug-likeness (QED) is 0.734. The van der Waals surface area contributed by atoms with E-state index >= 15 is 0 Å². The fourth-order valence-electron chi connectivity index (χ4n) is 2.62. The van der Waals surface area contributed by atoms with Crippen LogP contribution in [0.4, 0.5) is 0 Å². The first kappa shape index (κ1) is 14.5. The van der Waals surface area contributed by atoms with Gasteiger partial charge in [-0.15, -0.1) is 0 Å². The van der Waals surface area contributed by atoms with Gasteiger partial charge in [-0.1, -0.05) is 6.42 Å². The van der Waals surface area contributed by atoms with Crippen molar-refractivity contribution < 1.29 is 9.53 Å². The number of methoxy groups -OCH3 is 1. The SMILES string of the molecule is CCN(C(=O)CC1(CN)CCC1)C(C)COC. The van der Waals surface area contributed by atoms with E-state index in [1.165, 1.54) is 6.42 Å². The second kappa shape index (κ2) is 6.36. The molecule has 1 aliphatic carbocycles. The molecule has 0 heterocycles. The van der Waals surface area contributed by atoms with Crippen LogP contribution >= 0.6 is 0 Å². The van der Waals surface area contributed by atoms with E-state index in [4.69, 9.17) is 10.5 Å². The fraction of sp³-hybridized carbons (Fsp3) is 0.923. The van der Waals surface area contributed by atoms with Gasteiger partial charge in [0.25, 0.3) is 0 Å². The largest absolute Gasteiger partial charge is 0.383 e. The van der Waals surface area contributed by atoms with Gasteiger partial charge in [0.1, 0.15) is 0 Å². The van der Waals surface area contributed by atoms with Crippen molar-refractivity contribution >= 4 is 5.91 Å². The van der Waals surface area contributed by atoms with Crippen molar-refractivity contribution in [1.29, 1.82) is 0 Å². The summed E-state index contributed by atoms with van der Waals surface area (Å²) in [4.78, 5) is 14.2. The Morgan fingerprint density at radius 2 is 2.18 bits per heavy atom. The summed E-state index contributed by atoms with van der Waals surface area (Å²) in [5, 5.41) is 0. The molecule has 1 aliphatic rings. The molecule has 4 heteroatoms. The van der Waals surface area contributed by atoms with Crippen LogP contribution in [0.25, 0.3) is 0 Å². The van der Waals surface area contributed by atoms with Gasteiger partial charge in [0.15, 0.2) is 0 Å². The predicted molar refractivity (Wildman–Crippen MR) is 68.7 cm³/mol. The van der Waals surface area contributed by atoms with Gasteiger partial charge in [0, 0.05) is 20.1 Å². The normalized spacial score (nSPS) is 19.5. The second-order valence-electron chi connectivity index (χ2n) is 5.22. The summed E-state index contributed by atoms with van der Waals surface area (Å²) in [5.74, 6) is 0.224. The smallest absolute Gasteiger partial charge is 0.223 e. The summed E-state index contributed by atoms with van der Waals surface area (Å²) in [6.07, 6.45) is 4.02. The number of carbonyl (C=O) groups excluding carboxylic acids is 1. The van der Waals surface area contributed by atoms with Gasteiger partial charge >= 0.3 is 0 Å². The van der Waals surface area contributed by atoms with Crippen LogP contribution < -0.4 is 5.73 Å². The van der Waals surface area contributed by atoms with Crippen molar-refractivity contribution in [3.05, 3.63) is 0 Å². The van der Waals surface area contributed by atoms with Crippen molar-refractivity contribution in [2.24, 2.45) is 11.1 Å². The highest BCUT2D eigenvalue weighted by atomic mass is 16.5. The summed E-state index contributed by atoms with van der Waals surface area (Å²) in [5.41, 5.74) is 5.89. The first-order chi connectivity index (χ1) is 8.08. The molecule has 0 spiro atoms. The van der Waals surface area contributed by atoms with Gasteiger partial charge in [-0.05, 0) is 38.6 Å². The van der Waals surface area contributed by atoms with E-state index in [2.05, 4.69) is 0 Å². The third-order valence-electron chi connectivity index (χ3n) is 3.97. The Bertz CT molecular complexity index is 246. The lowest BCUT2D eigenvalue weighted by atomic mass is 9.66. The van der Waals surface area contributed by atoms with E-state index < -0.39 is 0 Å². The minimum Gasteiger partial charge on any atom is -0.383 e. The van der Waals surface area contributed by atoms with Crippen molar-refractivity contribution in [3.63, 3.8) is 0 Å². The number of rotatable bonds is 7. The monoisotopic (exact) mass is 242 g/mol. The molecule has 1 saturated carbocycles. The van der Waals surface area contributed by atoms with Gasteiger partial charge in [-0.2, -0.15) is 0 Å². The molecule has 100 valence electrons. The lowest BCUT2D eigenvalue weighted by molar-refractivity contribution is -0.138. The second-order valence-corrected chi connectivity index (χ2v) is 5.22. The minimum absolute atomic E-state index is 0.0945. The first-order valence-corrected chi connectivity index (χ1v) is 6.57. The Kier molecular flexibility index (Phi) is 5.40. The molecule has 4 nitrogen and oxygen atoms in total. The Hall–Kier alpha value is -0.610. The Morgan fingerprint density at radius 3 is 2.53 bits per heavy atom. The fourth-order valence-corrected chi connectivity index (χ4v) is 2.62. The zero-order chi connectivity index (χ0) is 12.9. The van der Waals surface area contributed by atoms with Crippen LogP contribution in [0.2, 0.25) is 0 Å². The maximum absolute atomic E-state index is 12.3. The molecular formula is C13H26N2O2. The average Bonchev–Trinajstić information content (AvgIpc) is 2.25. The van der Waals surface area contributed by atoms with Crippen LogP contribution in [0.3, 0.4) is 0 Å². The number of likely N-dealkylation sites (N-methyl/N-ethyl adjacent to an activating group) is 1. The number of hydrogen-bond donors (Lipinski definition) is 1. The maximum atomic E-state index is 12.3. The molecule has 2 N–H and O–H groups in total. The van der Waals surface area contributed by atoms with Crippen LogP contribution in [0, 0.1) is 5.41 Å². The van der Waals surface area contributed by atoms with Gasteiger partial charge < -0.3 is 15.4 Å². The number of carbonyl (C=O) groups is 1. The molecule has 0 saturated heterocycles. The van der Waals surface area contributed by atoms with Crippen molar-refractivity contribution in [2.45, 2.75) is 45.6 Å². The summed E-state index contributed by atoms with van der Waals surface area (Å²) in [6, 6.07) is 0.146. The van der Waals surface area contributed by atoms with E-state index in [1.54, 1.807) is 7.11 Å². The van der Waals surface area contributed by atoms with E-state index in [9.17, 15) is 4.79 Å². The van der Waals surface area contributed by atoms with Crippen LogP contribution in [0.5, 0.6) is 0 Å². The highest BCUT2D eigenvalue weighted by molar-refractivity contribution is 5.77. The number of nitrogens with zero attached hydrogens (tertiary/aromatic N) is 1. The van der Waals surface area contributed by atoms with Crippen LogP contribution in [0.15, 0.2) is 0 Å². The lowest BCUT2D eigenvalue weighted by Gasteiger charge is -2.42. The van der Waals surface area contributed by atoms with Gasteiger partial charge in [-0.3, -0.25) is 4.79 Å². The zero-order valence-electron chi connectivity index (χ0n) is 11.4. The zero-order valence-corrected chi connectivity index (χ0v) is 11.4. The minimum atomic E-state index is 0.0945. The van der Waals surface area contributed by atoms with Gasteiger partial charge in [0.2, 0.25) is 5.91 Å². The Labute approximate surface area is 104 Å². The molecule has 1 amide bonds. The molecule has 0 aromatic carbocycles. The topological polar surface area (TPSA) is 55.6 Å². The molecular weight excluding hydrogens is 216 g/mol. The standard InChI is InChI=1S/C13H26N2O2/c1-4-15(11(2)9-17-3)12(16)8-13(10-14)6-5-7-13/h11H,4-10,14H2,1-3H3. The molecule has 0 bridgehead atoms. The third-order valence-corrected chi connectivity index (χ3v) is 3.97. The first-order valence-electron chi connectivity index (χ1n) is 6.57. The van der Waals surface area contributed by atoms with Crippen molar-refractivity contribution in [1.82, 2.24) is 4.90 Å². The number of amides is 1. The summed E-state index contributed by atoms with van der Waals surface area (Å²) in [7, 11) is 1.67.